The summed E-state index contributed by atoms with van der Waals surface area (Å²) in [5.74, 6) is 4.46. The van der Waals surface area contributed by atoms with Gasteiger partial charge in [-0.2, -0.15) is 0 Å². The van der Waals surface area contributed by atoms with Crippen molar-refractivity contribution in [1.29, 1.82) is 0 Å². The van der Waals surface area contributed by atoms with Crippen molar-refractivity contribution in [3.05, 3.63) is 32.6 Å². The smallest absolute Gasteiger partial charge is 0.330 e. The van der Waals surface area contributed by atoms with Crippen LogP contribution in [0.1, 0.15) is 11.9 Å². The van der Waals surface area contributed by atoms with Crippen LogP contribution in [0.25, 0.3) is 0 Å². The number of H-pyrrole nitrogens is 1. The topological polar surface area (TPSA) is 131 Å². The summed E-state index contributed by atoms with van der Waals surface area (Å²) in [6.45, 7) is -0.0889. The molecule has 0 aromatic carbocycles. The monoisotopic (exact) mass is 313 g/mol. The van der Waals surface area contributed by atoms with Gasteiger partial charge in [0.1, 0.15) is 18.9 Å². The number of halogens is 1. The molecule has 2 unspecified atom stereocenters. The molecule has 1 aliphatic rings. The molecule has 0 radical (unpaired) electrons. The minimum absolute atomic E-state index is 0.224. The minimum atomic E-state index is -1.81. The Labute approximate surface area is 124 Å². The quantitative estimate of drug-likeness (QED) is 0.457. The molecule has 5 N–H and O–H groups in total. The van der Waals surface area contributed by atoms with Crippen molar-refractivity contribution >= 4 is 0 Å². The van der Waals surface area contributed by atoms with E-state index in [4.69, 9.17) is 10.5 Å². The van der Waals surface area contributed by atoms with E-state index in [1.54, 1.807) is 0 Å². The van der Waals surface area contributed by atoms with Crippen LogP contribution in [0, 0.1) is 18.8 Å². The number of ether oxygens (including phenoxy) is 1. The van der Waals surface area contributed by atoms with Crippen LogP contribution < -0.4 is 17.0 Å². The van der Waals surface area contributed by atoms with Crippen LogP contribution in [-0.4, -0.2) is 50.8 Å². The molecular formula is C13H16FN3O5. The normalized spacial score (nSPS) is 30.9. The molecule has 0 saturated carbocycles. The molecule has 1 fully saturated rings. The average molecular weight is 313 g/mol. The van der Waals surface area contributed by atoms with E-state index >= 15 is 0 Å². The Hall–Kier alpha value is -1.99. The number of aryl methyl sites for hydroxylation is 1. The molecule has 2 rings (SSSR count). The molecule has 4 atom stereocenters. The first-order valence-electron chi connectivity index (χ1n) is 6.47. The Kier molecular flexibility index (Phi) is 4.48. The number of aromatic amines is 1. The molecule has 1 saturated heterocycles. The van der Waals surface area contributed by atoms with E-state index in [9.17, 15) is 24.2 Å². The van der Waals surface area contributed by atoms with Crippen molar-refractivity contribution < 1.29 is 19.3 Å². The van der Waals surface area contributed by atoms with Gasteiger partial charge in [0.15, 0.2) is 11.8 Å². The van der Waals surface area contributed by atoms with Crippen LogP contribution in [0.5, 0.6) is 0 Å². The lowest BCUT2D eigenvalue weighted by Gasteiger charge is -2.28. The number of aliphatic hydroxyl groups is 2. The largest absolute Gasteiger partial charge is 0.394 e. The van der Waals surface area contributed by atoms with Crippen LogP contribution in [0.4, 0.5) is 4.39 Å². The van der Waals surface area contributed by atoms with Crippen LogP contribution in [0.2, 0.25) is 0 Å². The van der Waals surface area contributed by atoms with E-state index in [-0.39, 0.29) is 5.69 Å². The SMILES string of the molecule is Cc1cc(=O)[nH]c(=O)n1[C@@H]1OC(CO)[C@H](O)C1(N)C#CCF. The fourth-order valence-electron chi connectivity index (χ4n) is 2.46. The van der Waals surface area contributed by atoms with Crippen molar-refractivity contribution in [3.8, 4) is 11.8 Å². The van der Waals surface area contributed by atoms with E-state index in [2.05, 4.69) is 11.8 Å². The number of hydrogen-bond acceptors (Lipinski definition) is 6. The summed E-state index contributed by atoms with van der Waals surface area (Å²) >= 11 is 0. The summed E-state index contributed by atoms with van der Waals surface area (Å²) in [5, 5.41) is 19.4. The zero-order valence-corrected chi connectivity index (χ0v) is 11.7. The molecule has 0 amide bonds. The van der Waals surface area contributed by atoms with Gasteiger partial charge in [0.25, 0.3) is 5.56 Å². The average Bonchev–Trinajstić information content (AvgIpc) is 2.69. The maximum Gasteiger partial charge on any atom is 0.330 e. The molecule has 0 aliphatic carbocycles. The molecule has 2 heterocycles. The molecule has 0 bridgehead atoms. The maximum atomic E-state index is 12.3. The van der Waals surface area contributed by atoms with Crippen molar-refractivity contribution in [1.82, 2.24) is 9.55 Å². The van der Waals surface area contributed by atoms with Crippen molar-refractivity contribution in [2.75, 3.05) is 13.3 Å². The molecule has 8 nitrogen and oxygen atoms in total. The highest BCUT2D eigenvalue weighted by molar-refractivity contribution is 5.26. The van der Waals surface area contributed by atoms with E-state index in [0.29, 0.717) is 0 Å². The van der Waals surface area contributed by atoms with E-state index < -0.39 is 48.5 Å². The number of hydrogen-bond donors (Lipinski definition) is 4. The first kappa shape index (κ1) is 16.4. The molecule has 1 aliphatic heterocycles. The fraction of sp³-hybridized carbons (Fsp3) is 0.538. The third kappa shape index (κ3) is 2.57. The van der Waals surface area contributed by atoms with E-state index in [1.807, 2.05) is 4.98 Å². The summed E-state index contributed by atoms with van der Waals surface area (Å²) in [5.41, 5.74) is 3.03. The van der Waals surface area contributed by atoms with Gasteiger partial charge in [0, 0.05) is 11.8 Å². The van der Waals surface area contributed by atoms with E-state index in [0.717, 1.165) is 10.6 Å². The zero-order valence-electron chi connectivity index (χ0n) is 11.7. The molecular weight excluding hydrogens is 297 g/mol. The Morgan fingerprint density at radius 2 is 2.27 bits per heavy atom. The number of nitrogens with one attached hydrogen (secondary N) is 1. The molecule has 0 spiro atoms. The van der Waals surface area contributed by atoms with Crippen molar-refractivity contribution in [3.63, 3.8) is 0 Å². The maximum absolute atomic E-state index is 12.3. The fourth-order valence-corrected chi connectivity index (χ4v) is 2.46. The first-order chi connectivity index (χ1) is 10.3. The van der Waals surface area contributed by atoms with Crippen LogP contribution in [0.15, 0.2) is 15.7 Å². The molecule has 9 heteroatoms. The van der Waals surface area contributed by atoms with Gasteiger partial charge in [-0.1, -0.05) is 11.8 Å². The number of nitrogens with two attached hydrogens (primary N) is 1. The highest BCUT2D eigenvalue weighted by atomic mass is 19.1. The molecule has 22 heavy (non-hydrogen) atoms. The van der Waals surface area contributed by atoms with Crippen molar-refractivity contribution in [2.24, 2.45) is 5.73 Å². The summed E-state index contributed by atoms with van der Waals surface area (Å²) in [6, 6.07) is 1.15. The lowest BCUT2D eigenvalue weighted by molar-refractivity contribution is -0.0484. The number of rotatable bonds is 2. The lowest BCUT2D eigenvalue weighted by Crippen LogP contribution is -2.55. The third-order valence-electron chi connectivity index (χ3n) is 3.51. The van der Waals surface area contributed by atoms with Gasteiger partial charge in [-0.15, -0.1) is 0 Å². The van der Waals surface area contributed by atoms with Gasteiger partial charge in [0.05, 0.1) is 6.61 Å². The lowest BCUT2D eigenvalue weighted by atomic mass is 9.91. The Bertz CT molecular complexity index is 734. The van der Waals surface area contributed by atoms with Crippen LogP contribution in [-0.2, 0) is 4.74 Å². The third-order valence-corrected chi connectivity index (χ3v) is 3.51. The van der Waals surface area contributed by atoms with Crippen LogP contribution in [0.3, 0.4) is 0 Å². The summed E-state index contributed by atoms with van der Waals surface area (Å²) in [7, 11) is 0. The highest BCUT2D eigenvalue weighted by Crippen LogP contribution is 2.35. The van der Waals surface area contributed by atoms with Crippen LogP contribution >= 0.6 is 0 Å². The van der Waals surface area contributed by atoms with Gasteiger partial charge in [-0.3, -0.25) is 14.3 Å². The second-order valence-corrected chi connectivity index (χ2v) is 4.97. The molecule has 120 valence electrons. The highest BCUT2D eigenvalue weighted by Gasteiger charge is 2.54. The summed E-state index contributed by atoms with van der Waals surface area (Å²) in [4.78, 5) is 25.4. The molecule has 1 aromatic rings. The minimum Gasteiger partial charge on any atom is -0.394 e. The van der Waals surface area contributed by atoms with Gasteiger partial charge in [-0.05, 0) is 6.92 Å². The number of aromatic nitrogens is 2. The van der Waals surface area contributed by atoms with Gasteiger partial charge in [0.2, 0.25) is 0 Å². The summed E-state index contributed by atoms with van der Waals surface area (Å²) < 4.78 is 18.8. The molecule has 1 aromatic heterocycles. The standard InChI is InChI=1S/C13H16FN3O5/c1-7-5-9(19)16-12(21)17(7)11-13(15,3-2-4-14)10(20)8(6-18)22-11/h5,8,10-11,18,20H,4,6,15H2,1H3,(H,16,19,21)/t8?,10-,11+,13?/m0/s1. The van der Waals surface area contributed by atoms with Crippen molar-refractivity contribution in [2.45, 2.75) is 30.9 Å². The Morgan fingerprint density at radius 3 is 2.82 bits per heavy atom. The predicted molar refractivity (Wildman–Crippen MR) is 73.7 cm³/mol. The Morgan fingerprint density at radius 1 is 1.59 bits per heavy atom. The number of nitrogens with zero attached hydrogens (tertiary/aromatic N) is 1. The first-order valence-corrected chi connectivity index (χ1v) is 6.47. The Balaban J connectivity index is 2.62. The zero-order chi connectivity index (χ0) is 16.5. The van der Waals surface area contributed by atoms with Gasteiger partial charge < -0.3 is 20.7 Å². The van der Waals surface area contributed by atoms with Gasteiger partial charge in [-0.25, -0.2) is 9.18 Å². The second-order valence-electron chi connectivity index (χ2n) is 4.97. The van der Waals surface area contributed by atoms with Gasteiger partial charge >= 0.3 is 5.69 Å². The van der Waals surface area contributed by atoms with E-state index in [1.165, 1.54) is 6.92 Å². The summed E-state index contributed by atoms with van der Waals surface area (Å²) in [6.07, 6.45) is -3.83. The predicted octanol–water partition coefficient (Wildman–Crippen LogP) is -2.23. The number of alkyl halides is 1. The number of aliphatic hydroxyl groups excluding tert-OH is 2. The second kappa shape index (κ2) is 6.02.